The van der Waals surface area contributed by atoms with Gasteiger partial charge in [-0.15, -0.1) is 11.8 Å². The van der Waals surface area contributed by atoms with Crippen LogP contribution in [0.25, 0.3) is 0 Å². The number of aliphatic hydroxyl groups is 1. The van der Waals surface area contributed by atoms with Gasteiger partial charge in [0.25, 0.3) is 0 Å². The minimum atomic E-state index is -0.354. The van der Waals surface area contributed by atoms with Gasteiger partial charge in [-0.2, -0.15) is 0 Å². The van der Waals surface area contributed by atoms with Crippen molar-refractivity contribution in [2.75, 3.05) is 24.7 Å². The number of carbonyl (C=O) groups excluding carboxylic acids is 1. The second-order valence-corrected chi connectivity index (χ2v) is 6.50. The maximum Gasteiger partial charge on any atom is 0.319 e. The van der Waals surface area contributed by atoms with Gasteiger partial charge in [0, 0.05) is 23.7 Å². The highest BCUT2D eigenvalue weighted by molar-refractivity contribution is 7.98. The highest BCUT2D eigenvalue weighted by Gasteiger charge is 2.15. The van der Waals surface area contributed by atoms with Crippen LogP contribution < -0.4 is 10.6 Å². The lowest BCUT2D eigenvalue weighted by molar-refractivity contribution is 0.148. The Balaban J connectivity index is 2.36. The molecule has 0 unspecified atom stereocenters. The number of hydrogen-bond donors (Lipinski definition) is 3. The first-order valence-corrected chi connectivity index (χ1v) is 8.10. The van der Waals surface area contributed by atoms with Crippen LogP contribution in [0.2, 0.25) is 0 Å². The normalized spacial score (nSPS) is 11.3. The van der Waals surface area contributed by atoms with Gasteiger partial charge in [0.05, 0.1) is 0 Å². The van der Waals surface area contributed by atoms with Crippen LogP contribution in [0, 0.1) is 11.2 Å². The van der Waals surface area contributed by atoms with Crippen LogP contribution in [0.1, 0.15) is 26.7 Å². The molecule has 0 heterocycles. The van der Waals surface area contributed by atoms with Crippen molar-refractivity contribution in [2.24, 2.45) is 5.41 Å². The van der Waals surface area contributed by atoms with E-state index in [1.807, 2.05) is 13.8 Å². The first kappa shape index (κ1) is 17.8. The van der Waals surface area contributed by atoms with Gasteiger partial charge in [0.1, 0.15) is 5.82 Å². The molecule has 4 nitrogen and oxygen atoms in total. The molecule has 0 atom stereocenters. The summed E-state index contributed by atoms with van der Waals surface area (Å²) in [5, 5.41) is 14.4. The van der Waals surface area contributed by atoms with Crippen molar-refractivity contribution in [2.45, 2.75) is 31.6 Å². The van der Waals surface area contributed by atoms with Crippen LogP contribution in [0.15, 0.2) is 23.1 Å². The molecule has 1 aromatic carbocycles. The lowest BCUT2D eigenvalue weighted by atomic mass is 9.89. The lowest BCUT2D eigenvalue weighted by Crippen LogP contribution is -2.30. The number of carbonyl (C=O) groups is 1. The minimum absolute atomic E-state index is 0.125. The van der Waals surface area contributed by atoms with E-state index in [4.69, 9.17) is 5.11 Å². The number of anilines is 1. The molecule has 1 rings (SSSR count). The molecule has 118 valence electrons. The van der Waals surface area contributed by atoms with E-state index in [1.54, 1.807) is 18.4 Å². The average Bonchev–Trinajstić information content (AvgIpc) is 2.44. The second kappa shape index (κ2) is 8.24. The molecule has 0 saturated carbocycles. The Bertz CT molecular complexity index is 481. The monoisotopic (exact) mass is 314 g/mol. The van der Waals surface area contributed by atoms with Crippen LogP contribution in [0.3, 0.4) is 0 Å². The maximum atomic E-state index is 13.6. The molecule has 0 fully saturated rings. The van der Waals surface area contributed by atoms with Gasteiger partial charge in [-0.3, -0.25) is 0 Å². The molecule has 0 aliphatic heterocycles. The summed E-state index contributed by atoms with van der Waals surface area (Å²) in [5.41, 5.74) is 0.299. The first-order valence-electron chi connectivity index (χ1n) is 6.87. The molecule has 1 aromatic rings. The highest BCUT2D eigenvalue weighted by Crippen LogP contribution is 2.22. The van der Waals surface area contributed by atoms with Gasteiger partial charge < -0.3 is 15.7 Å². The molecule has 6 heteroatoms. The Kier molecular flexibility index (Phi) is 6.98. The third-order valence-corrected chi connectivity index (χ3v) is 3.92. The fourth-order valence-electron chi connectivity index (χ4n) is 1.77. The zero-order valence-electron chi connectivity index (χ0n) is 12.7. The number of nitrogens with one attached hydrogen (secondary N) is 2. The predicted molar refractivity (Wildman–Crippen MR) is 85.3 cm³/mol. The summed E-state index contributed by atoms with van der Waals surface area (Å²) >= 11 is 1.32. The van der Waals surface area contributed by atoms with E-state index in [1.165, 1.54) is 17.8 Å². The molecule has 0 aromatic heterocycles. The third-order valence-electron chi connectivity index (χ3n) is 3.15. The zero-order valence-corrected chi connectivity index (χ0v) is 13.5. The van der Waals surface area contributed by atoms with E-state index in [-0.39, 0.29) is 23.9 Å². The molecule has 0 bridgehead atoms. The largest absolute Gasteiger partial charge is 0.396 e. The van der Waals surface area contributed by atoms with E-state index < -0.39 is 0 Å². The number of urea groups is 1. The number of thioether (sulfide) groups is 1. The van der Waals surface area contributed by atoms with Gasteiger partial charge in [0.15, 0.2) is 0 Å². The van der Waals surface area contributed by atoms with Crippen LogP contribution in [-0.4, -0.2) is 30.5 Å². The Morgan fingerprint density at radius 1 is 1.43 bits per heavy atom. The Morgan fingerprint density at radius 3 is 2.71 bits per heavy atom. The summed E-state index contributed by atoms with van der Waals surface area (Å²) in [6.07, 6.45) is 3.40. The number of amides is 2. The van der Waals surface area contributed by atoms with Crippen LogP contribution in [-0.2, 0) is 0 Å². The summed E-state index contributed by atoms with van der Waals surface area (Å²) in [6, 6.07) is 4.26. The van der Waals surface area contributed by atoms with Gasteiger partial charge in [0.2, 0.25) is 0 Å². The van der Waals surface area contributed by atoms with Crippen LogP contribution >= 0.6 is 11.8 Å². The SMILES string of the molecule is CSc1ccc(NC(=O)NCCCC(C)(C)CO)cc1F. The number of hydrogen-bond acceptors (Lipinski definition) is 3. The average molecular weight is 314 g/mol. The summed E-state index contributed by atoms with van der Waals surface area (Å²) in [5.74, 6) is -0.343. The summed E-state index contributed by atoms with van der Waals surface area (Å²) in [4.78, 5) is 12.2. The Hall–Kier alpha value is -1.27. The molecule has 3 N–H and O–H groups in total. The molecule has 0 saturated heterocycles. The molecular weight excluding hydrogens is 291 g/mol. The van der Waals surface area contributed by atoms with Crippen molar-refractivity contribution in [1.29, 1.82) is 0 Å². The topological polar surface area (TPSA) is 61.4 Å². The quantitative estimate of drug-likeness (QED) is 0.533. The van der Waals surface area contributed by atoms with E-state index in [9.17, 15) is 9.18 Å². The first-order chi connectivity index (χ1) is 9.88. The van der Waals surface area contributed by atoms with Gasteiger partial charge in [-0.1, -0.05) is 13.8 Å². The summed E-state index contributed by atoms with van der Waals surface area (Å²) < 4.78 is 13.6. The van der Waals surface area contributed by atoms with Crippen LogP contribution in [0.4, 0.5) is 14.9 Å². The van der Waals surface area contributed by atoms with E-state index >= 15 is 0 Å². The minimum Gasteiger partial charge on any atom is -0.396 e. The molecule has 0 radical (unpaired) electrons. The zero-order chi connectivity index (χ0) is 15.9. The number of aliphatic hydroxyl groups excluding tert-OH is 1. The van der Waals surface area contributed by atoms with Gasteiger partial charge in [-0.25, -0.2) is 9.18 Å². The molecule has 21 heavy (non-hydrogen) atoms. The molecule has 2 amide bonds. The number of rotatable bonds is 7. The molecular formula is C15H23FN2O2S. The van der Waals surface area contributed by atoms with Crippen molar-refractivity contribution in [3.05, 3.63) is 24.0 Å². The van der Waals surface area contributed by atoms with Crippen molar-refractivity contribution in [3.8, 4) is 0 Å². The standard InChI is InChI=1S/C15H23FN2O2S/c1-15(2,10-19)7-4-8-17-14(20)18-11-5-6-13(21-3)12(16)9-11/h5-6,9,19H,4,7-8,10H2,1-3H3,(H2,17,18,20). The van der Waals surface area contributed by atoms with Crippen molar-refractivity contribution >= 4 is 23.5 Å². The van der Waals surface area contributed by atoms with E-state index in [0.29, 0.717) is 17.1 Å². The second-order valence-electron chi connectivity index (χ2n) is 5.66. The smallest absolute Gasteiger partial charge is 0.319 e. The Labute approximate surface area is 129 Å². The lowest BCUT2D eigenvalue weighted by Gasteiger charge is -2.21. The Morgan fingerprint density at radius 2 is 2.14 bits per heavy atom. The van der Waals surface area contributed by atoms with Crippen molar-refractivity contribution in [1.82, 2.24) is 5.32 Å². The number of benzene rings is 1. The molecule has 0 aliphatic carbocycles. The highest BCUT2D eigenvalue weighted by atomic mass is 32.2. The van der Waals surface area contributed by atoms with Crippen molar-refractivity contribution < 1.29 is 14.3 Å². The van der Waals surface area contributed by atoms with Gasteiger partial charge in [-0.05, 0) is 42.7 Å². The predicted octanol–water partition coefficient (Wildman–Crippen LogP) is 3.47. The van der Waals surface area contributed by atoms with E-state index in [0.717, 1.165) is 12.8 Å². The fraction of sp³-hybridized carbons (Fsp3) is 0.533. The third kappa shape index (κ3) is 6.35. The maximum absolute atomic E-state index is 13.6. The summed E-state index contributed by atoms with van der Waals surface area (Å²) in [6.45, 7) is 4.59. The van der Waals surface area contributed by atoms with E-state index in [2.05, 4.69) is 10.6 Å². The van der Waals surface area contributed by atoms with Crippen molar-refractivity contribution in [3.63, 3.8) is 0 Å². The molecule has 0 spiro atoms. The van der Waals surface area contributed by atoms with Gasteiger partial charge >= 0.3 is 6.03 Å². The fourth-order valence-corrected chi connectivity index (χ4v) is 2.23. The molecule has 0 aliphatic rings. The number of halogens is 1. The van der Waals surface area contributed by atoms with Crippen LogP contribution in [0.5, 0.6) is 0 Å². The summed E-state index contributed by atoms with van der Waals surface area (Å²) in [7, 11) is 0.